The van der Waals surface area contributed by atoms with E-state index in [1.807, 2.05) is 30.3 Å². The molecule has 0 radical (unpaired) electrons. The zero-order valence-corrected chi connectivity index (χ0v) is 14.2. The van der Waals surface area contributed by atoms with E-state index in [2.05, 4.69) is 15.3 Å². The van der Waals surface area contributed by atoms with E-state index >= 15 is 0 Å². The van der Waals surface area contributed by atoms with Crippen molar-refractivity contribution < 1.29 is 18.0 Å². The minimum Gasteiger partial charge on any atom is -0.321 e. The molecule has 1 aromatic heterocycles. The molecule has 0 fully saturated rings. The number of para-hydroxylation sites is 1. The lowest BCUT2D eigenvalue weighted by Crippen LogP contribution is -2.18. The molecule has 2 aromatic carbocycles. The monoisotopic (exact) mass is 372 g/mol. The molecule has 0 spiro atoms. The molecule has 0 aliphatic rings. The van der Waals surface area contributed by atoms with Gasteiger partial charge in [-0.3, -0.25) is 4.79 Å². The summed E-state index contributed by atoms with van der Waals surface area (Å²) in [6.45, 7) is 0. The van der Waals surface area contributed by atoms with Gasteiger partial charge in [-0.1, -0.05) is 18.2 Å². The zero-order valence-electron chi connectivity index (χ0n) is 14.2. The fourth-order valence-corrected chi connectivity index (χ4v) is 2.34. The molecule has 0 saturated carbocycles. The van der Waals surface area contributed by atoms with E-state index in [0.29, 0.717) is 5.95 Å². The maximum atomic E-state index is 12.6. The highest BCUT2D eigenvalue weighted by Crippen LogP contribution is 2.29. The van der Waals surface area contributed by atoms with Gasteiger partial charge in [-0.15, -0.1) is 0 Å². The standard InChI is InChI=1S/C19H15F3N4O/c1-26(15-5-3-2-4-6-15)18-23-12-11-16(25-18)17(27)24-14-9-7-13(8-10-14)19(20,21)22/h2-12H,1H3,(H,24,27). The van der Waals surface area contributed by atoms with Crippen LogP contribution in [0.3, 0.4) is 0 Å². The highest BCUT2D eigenvalue weighted by Gasteiger charge is 2.30. The number of amides is 1. The van der Waals surface area contributed by atoms with E-state index < -0.39 is 17.6 Å². The predicted molar refractivity (Wildman–Crippen MR) is 95.9 cm³/mol. The Morgan fingerprint density at radius 2 is 1.67 bits per heavy atom. The molecular formula is C19H15F3N4O. The quantitative estimate of drug-likeness (QED) is 0.732. The van der Waals surface area contributed by atoms with E-state index in [0.717, 1.165) is 17.8 Å². The van der Waals surface area contributed by atoms with Gasteiger partial charge in [-0.25, -0.2) is 9.97 Å². The number of rotatable bonds is 4. The van der Waals surface area contributed by atoms with Crippen LogP contribution >= 0.6 is 0 Å². The summed E-state index contributed by atoms with van der Waals surface area (Å²) in [7, 11) is 1.77. The Morgan fingerprint density at radius 3 is 2.30 bits per heavy atom. The topological polar surface area (TPSA) is 58.1 Å². The summed E-state index contributed by atoms with van der Waals surface area (Å²) in [5, 5.41) is 2.53. The van der Waals surface area contributed by atoms with Gasteiger partial charge in [0.25, 0.3) is 5.91 Å². The molecule has 0 unspecified atom stereocenters. The third-order valence-corrected chi connectivity index (χ3v) is 3.79. The Labute approximate surface area is 153 Å². The van der Waals surface area contributed by atoms with Crippen molar-refractivity contribution in [2.45, 2.75) is 6.18 Å². The molecule has 0 aliphatic carbocycles. The Kier molecular flexibility index (Phi) is 5.07. The summed E-state index contributed by atoms with van der Waals surface area (Å²) in [6.07, 6.45) is -2.98. The van der Waals surface area contributed by atoms with Crippen LogP contribution in [0.1, 0.15) is 16.1 Å². The number of carbonyl (C=O) groups is 1. The number of hydrogen-bond donors (Lipinski definition) is 1. The zero-order chi connectivity index (χ0) is 19.4. The first-order valence-electron chi connectivity index (χ1n) is 7.95. The molecule has 0 bridgehead atoms. The summed E-state index contributed by atoms with van der Waals surface area (Å²) < 4.78 is 37.8. The van der Waals surface area contributed by atoms with Gasteiger partial charge in [0.15, 0.2) is 0 Å². The highest BCUT2D eigenvalue weighted by atomic mass is 19.4. The van der Waals surface area contributed by atoms with Crippen molar-refractivity contribution in [3.63, 3.8) is 0 Å². The minimum absolute atomic E-state index is 0.0997. The fourth-order valence-electron chi connectivity index (χ4n) is 2.34. The molecule has 0 saturated heterocycles. The van der Waals surface area contributed by atoms with Crippen molar-refractivity contribution in [3.05, 3.63) is 78.1 Å². The molecule has 138 valence electrons. The Bertz CT molecular complexity index is 928. The van der Waals surface area contributed by atoms with Crippen molar-refractivity contribution in [1.29, 1.82) is 0 Å². The molecule has 1 amide bonds. The van der Waals surface area contributed by atoms with Crippen LogP contribution in [0.4, 0.5) is 30.5 Å². The van der Waals surface area contributed by atoms with E-state index in [-0.39, 0.29) is 11.4 Å². The number of benzene rings is 2. The van der Waals surface area contributed by atoms with Gasteiger partial charge in [0.2, 0.25) is 5.95 Å². The van der Waals surface area contributed by atoms with E-state index in [1.54, 1.807) is 11.9 Å². The number of alkyl halides is 3. The number of hydrogen-bond acceptors (Lipinski definition) is 4. The lowest BCUT2D eigenvalue weighted by molar-refractivity contribution is -0.137. The van der Waals surface area contributed by atoms with E-state index in [9.17, 15) is 18.0 Å². The summed E-state index contributed by atoms with van der Waals surface area (Å²) in [5.74, 6) is -0.221. The van der Waals surface area contributed by atoms with Crippen LogP contribution in [-0.2, 0) is 6.18 Å². The molecule has 3 aromatic rings. The molecule has 1 N–H and O–H groups in total. The first kappa shape index (κ1) is 18.4. The third-order valence-electron chi connectivity index (χ3n) is 3.79. The lowest BCUT2D eigenvalue weighted by Gasteiger charge is -2.17. The van der Waals surface area contributed by atoms with Gasteiger partial charge in [-0.2, -0.15) is 13.2 Å². The first-order chi connectivity index (χ1) is 12.8. The number of aromatic nitrogens is 2. The average molecular weight is 372 g/mol. The van der Waals surface area contributed by atoms with Crippen molar-refractivity contribution in [1.82, 2.24) is 9.97 Å². The average Bonchev–Trinajstić information content (AvgIpc) is 2.68. The van der Waals surface area contributed by atoms with Crippen LogP contribution in [0.2, 0.25) is 0 Å². The first-order valence-corrected chi connectivity index (χ1v) is 7.95. The van der Waals surface area contributed by atoms with Gasteiger partial charge in [0.05, 0.1) is 5.56 Å². The summed E-state index contributed by atoms with van der Waals surface area (Å²) in [5.41, 5.74) is 0.402. The largest absolute Gasteiger partial charge is 0.416 e. The fraction of sp³-hybridized carbons (Fsp3) is 0.105. The molecule has 8 heteroatoms. The van der Waals surface area contributed by atoms with Gasteiger partial charge >= 0.3 is 6.18 Å². The molecule has 27 heavy (non-hydrogen) atoms. The van der Waals surface area contributed by atoms with Crippen molar-refractivity contribution >= 4 is 23.2 Å². The molecule has 0 atom stereocenters. The lowest BCUT2D eigenvalue weighted by atomic mass is 10.2. The molecule has 0 aliphatic heterocycles. The van der Waals surface area contributed by atoms with Crippen LogP contribution in [-0.4, -0.2) is 22.9 Å². The number of carbonyl (C=O) groups excluding carboxylic acids is 1. The van der Waals surface area contributed by atoms with E-state index in [1.165, 1.54) is 24.4 Å². The predicted octanol–water partition coefficient (Wildman–Crippen LogP) is 4.52. The minimum atomic E-state index is -4.42. The number of nitrogens with one attached hydrogen (secondary N) is 1. The van der Waals surface area contributed by atoms with Gasteiger partial charge < -0.3 is 10.2 Å². The Morgan fingerprint density at radius 1 is 1.00 bits per heavy atom. The normalized spacial score (nSPS) is 11.1. The van der Waals surface area contributed by atoms with Crippen molar-refractivity contribution in [2.75, 3.05) is 17.3 Å². The molecule has 5 nitrogen and oxygen atoms in total. The van der Waals surface area contributed by atoms with Crippen LogP contribution < -0.4 is 10.2 Å². The number of anilines is 3. The van der Waals surface area contributed by atoms with Gasteiger partial charge in [-0.05, 0) is 42.5 Å². The van der Waals surface area contributed by atoms with E-state index in [4.69, 9.17) is 0 Å². The van der Waals surface area contributed by atoms with Crippen LogP contribution in [0.25, 0.3) is 0 Å². The summed E-state index contributed by atoms with van der Waals surface area (Å²) in [4.78, 5) is 22.5. The molecule has 1 heterocycles. The third kappa shape index (κ3) is 4.41. The van der Waals surface area contributed by atoms with Gasteiger partial charge in [0.1, 0.15) is 5.69 Å². The Balaban J connectivity index is 1.76. The van der Waals surface area contributed by atoms with Crippen molar-refractivity contribution in [2.24, 2.45) is 0 Å². The maximum Gasteiger partial charge on any atom is 0.416 e. The van der Waals surface area contributed by atoms with Crippen LogP contribution in [0.5, 0.6) is 0 Å². The molecular weight excluding hydrogens is 357 g/mol. The molecule has 3 rings (SSSR count). The SMILES string of the molecule is CN(c1ccccc1)c1nccc(C(=O)Nc2ccc(C(F)(F)F)cc2)n1. The summed E-state index contributed by atoms with van der Waals surface area (Å²) in [6, 6.07) is 15.0. The van der Waals surface area contributed by atoms with Crippen LogP contribution in [0, 0.1) is 0 Å². The van der Waals surface area contributed by atoms with Crippen molar-refractivity contribution in [3.8, 4) is 0 Å². The second kappa shape index (κ2) is 7.45. The summed E-state index contributed by atoms with van der Waals surface area (Å²) >= 11 is 0. The van der Waals surface area contributed by atoms with Crippen LogP contribution in [0.15, 0.2) is 66.9 Å². The highest BCUT2D eigenvalue weighted by molar-refractivity contribution is 6.03. The second-order valence-electron chi connectivity index (χ2n) is 5.67. The number of halogens is 3. The second-order valence-corrected chi connectivity index (χ2v) is 5.67. The smallest absolute Gasteiger partial charge is 0.321 e. The van der Waals surface area contributed by atoms with Gasteiger partial charge in [0, 0.05) is 24.6 Å². The number of nitrogens with zero attached hydrogens (tertiary/aromatic N) is 3. The Hall–Kier alpha value is -3.42. The maximum absolute atomic E-state index is 12.6.